The predicted octanol–water partition coefficient (Wildman–Crippen LogP) is 5.26. The van der Waals surface area contributed by atoms with E-state index in [-0.39, 0.29) is 5.92 Å². The maximum atomic E-state index is 5.83. The van der Waals surface area contributed by atoms with E-state index >= 15 is 0 Å². The smallest absolute Gasteiger partial charge is 0.123 e. The van der Waals surface area contributed by atoms with Crippen LogP contribution in [-0.2, 0) is 11.2 Å². The highest BCUT2D eigenvalue weighted by molar-refractivity contribution is 5.45. The number of piperidine rings is 1. The summed E-state index contributed by atoms with van der Waals surface area (Å²) in [5.74, 6) is 2.80. The van der Waals surface area contributed by atoms with Crippen molar-refractivity contribution < 1.29 is 9.47 Å². The van der Waals surface area contributed by atoms with Gasteiger partial charge in [-0.15, -0.1) is 0 Å². The number of likely N-dealkylation sites (tertiary alicyclic amines) is 1. The number of hydrogen-bond donors (Lipinski definition) is 0. The molecule has 2 aliphatic rings. The average molecular weight is 360 g/mol. The molecule has 0 aliphatic carbocycles. The number of hydrogen-bond acceptors (Lipinski definition) is 3. The minimum atomic E-state index is 0.183. The Bertz CT molecular complexity index is 589. The molecule has 3 nitrogen and oxygen atoms in total. The minimum Gasteiger partial charge on any atom is -0.501 e. The molecule has 0 aromatic heterocycles. The fourth-order valence-electron chi connectivity index (χ4n) is 3.39. The van der Waals surface area contributed by atoms with Crippen LogP contribution in [0.1, 0.15) is 57.6 Å². The third kappa shape index (κ3) is 6.35. The van der Waals surface area contributed by atoms with E-state index in [2.05, 4.69) is 64.4 Å². The molecule has 1 unspecified atom stereocenters. The summed E-state index contributed by atoms with van der Waals surface area (Å²) in [6.45, 7) is 15.8. The molecule has 2 heterocycles. The summed E-state index contributed by atoms with van der Waals surface area (Å²) < 4.78 is 11.1. The highest BCUT2D eigenvalue weighted by atomic mass is 16.5. The van der Waals surface area contributed by atoms with Gasteiger partial charge in [-0.05, 0) is 62.4 Å². The van der Waals surface area contributed by atoms with Gasteiger partial charge in [-0.25, -0.2) is 0 Å². The van der Waals surface area contributed by atoms with Gasteiger partial charge in [0.1, 0.15) is 12.4 Å². The molecule has 1 aromatic rings. The second kappa shape index (κ2) is 8.94. The van der Waals surface area contributed by atoms with E-state index in [4.69, 9.17) is 9.47 Å². The Kier molecular flexibility index (Phi) is 7.16. The summed E-state index contributed by atoms with van der Waals surface area (Å²) >= 11 is 0. The van der Waals surface area contributed by atoms with Crippen LogP contribution in [0.25, 0.3) is 0 Å². The number of benzene rings is 1. The first kappa shape index (κ1) is 20.8. The number of nitrogens with zero attached hydrogens (tertiary/aromatic N) is 1. The van der Waals surface area contributed by atoms with Crippen LogP contribution in [0.4, 0.5) is 0 Å². The van der Waals surface area contributed by atoms with Crippen LogP contribution in [0.15, 0.2) is 30.5 Å². The zero-order chi connectivity index (χ0) is 19.3. The lowest BCUT2D eigenvalue weighted by atomic mass is 9.89. The Labute approximate surface area is 160 Å². The topological polar surface area (TPSA) is 21.7 Å². The maximum absolute atomic E-state index is 5.83. The summed E-state index contributed by atoms with van der Waals surface area (Å²) in [6, 6.07) is 6.67. The molecule has 1 aromatic carbocycles. The highest BCUT2D eigenvalue weighted by Gasteiger charge is 2.27. The summed E-state index contributed by atoms with van der Waals surface area (Å²) in [5.41, 5.74) is 3.11. The van der Waals surface area contributed by atoms with E-state index in [0.29, 0.717) is 12.0 Å². The third-order valence-electron chi connectivity index (χ3n) is 4.87. The lowest BCUT2D eigenvalue weighted by Crippen LogP contribution is -2.30. The SMILES string of the molecule is C=C(OC)C1COc2cc(CC3CCN(C)CC3)ccc21.CC(C)(C)C. The number of rotatable bonds is 4. The first-order valence-electron chi connectivity index (χ1n) is 9.84. The van der Waals surface area contributed by atoms with Gasteiger partial charge in [0.2, 0.25) is 0 Å². The van der Waals surface area contributed by atoms with Crippen molar-refractivity contribution in [2.24, 2.45) is 11.3 Å². The van der Waals surface area contributed by atoms with Crippen LogP contribution in [0.2, 0.25) is 0 Å². The minimum absolute atomic E-state index is 0.183. The first-order valence-corrected chi connectivity index (χ1v) is 9.84. The molecule has 0 bridgehead atoms. The first-order chi connectivity index (χ1) is 12.2. The summed E-state index contributed by atoms with van der Waals surface area (Å²) in [4.78, 5) is 2.42. The van der Waals surface area contributed by atoms with Gasteiger partial charge in [-0.2, -0.15) is 0 Å². The third-order valence-corrected chi connectivity index (χ3v) is 4.87. The van der Waals surface area contributed by atoms with E-state index in [1.54, 1.807) is 7.11 Å². The second-order valence-corrected chi connectivity index (χ2v) is 9.36. The van der Waals surface area contributed by atoms with Crippen LogP contribution < -0.4 is 4.74 Å². The van der Waals surface area contributed by atoms with E-state index < -0.39 is 0 Å². The van der Waals surface area contributed by atoms with Gasteiger partial charge in [0.05, 0.1) is 18.8 Å². The van der Waals surface area contributed by atoms with Crippen LogP contribution in [0.3, 0.4) is 0 Å². The average Bonchev–Trinajstić information content (AvgIpc) is 2.98. The van der Waals surface area contributed by atoms with E-state index in [0.717, 1.165) is 17.4 Å². The molecule has 3 heteroatoms. The molecule has 146 valence electrons. The summed E-state index contributed by atoms with van der Waals surface area (Å²) in [5, 5.41) is 0. The Balaban J connectivity index is 0.000000431. The Morgan fingerprint density at radius 2 is 1.85 bits per heavy atom. The zero-order valence-corrected chi connectivity index (χ0v) is 17.6. The van der Waals surface area contributed by atoms with Gasteiger partial charge in [0.25, 0.3) is 0 Å². The molecule has 0 spiro atoms. The van der Waals surface area contributed by atoms with Gasteiger partial charge in [-0.3, -0.25) is 0 Å². The molecule has 26 heavy (non-hydrogen) atoms. The molecule has 2 aliphatic heterocycles. The normalized spacial score (nSPS) is 20.6. The molecule has 0 N–H and O–H groups in total. The van der Waals surface area contributed by atoms with Gasteiger partial charge in [0, 0.05) is 5.56 Å². The molecule has 1 saturated heterocycles. The lowest BCUT2D eigenvalue weighted by Gasteiger charge is -2.29. The second-order valence-electron chi connectivity index (χ2n) is 9.36. The van der Waals surface area contributed by atoms with E-state index in [1.165, 1.54) is 43.5 Å². The quantitative estimate of drug-likeness (QED) is 0.685. The predicted molar refractivity (Wildman–Crippen MR) is 110 cm³/mol. The van der Waals surface area contributed by atoms with Crippen LogP contribution in [-0.4, -0.2) is 38.8 Å². The largest absolute Gasteiger partial charge is 0.501 e. The van der Waals surface area contributed by atoms with Gasteiger partial charge < -0.3 is 14.4 Å². The molecular formula is C23H37NO2. The van der Waals surface area contributed by atoms with Crippen molar-refractivity contribution in [1.29, 1.82) is 0 Å². The number of fused-ring (bicyclic) bond motifs is 1. The fourth-order valence-corrected chi connectivity index (χ4v) is 3.39. The molecular weight excluding hydrogens is 322 g/mol. The zero-order valence-electron chi connectivity index (χ0n) is 17.6. The molecule has 1 fully saturated rings. The highest BCUT2D eigenvalue weighted by Crippen LogP contribution is 2.39. The van der Waals surface area contributed by atoms with Gasteiger partial charge in [-0.1, -0.05) is 46.4 Å². The van der Waals surface area contributed by atoms with Crippen molar-refractivity contribution >= 4 is 0 Å². The molecule has 1 atom stereocenters. The molecule has 0 saturated carbocycles. The van der Waals surface area contributed by atoms with Crippen molar-refractivity contribution in [2.75, 3.05) is 33.9 Å². The Hall–Kier alpha value is -1.48. The van der Waals surface area contributed by atoms with Crippen molar-refractivity contribution in [1.82, 2.24) is 4.90 Å². The fraction of sp³-hybridized carbons (Fsp3) is 0.652. The standard InChI is InChI=1S/C18H25NO2.C5H12/c1-13(20-3)17-12-21-18-11-15(4-5-16(17)18)10-14-6-8-19(2)9-7-14;1-5(2,3)4/h4-5,11,14,17H,1,6-10,12H2,2-3H3;1-4H3. The van der Waals surface area contributed by atoms with Gasteiger partial charge in [0.15, 0.2) is 0 Å². The van der Waals surface area contributed by atoms with Crippen molar-refractivity contribution in [3.05, 3.63) is 41.7 Å². The van der Waals surface area contributed by atoms with Crippen molar-refractivity contribution in [2.45, 2.75) is 52.9 Å². The van der Waals surface area contributed by atoms with Crippen LogP contribution >= 0.6 is 0 Å². The lowest BCUT2D eigenvalue weighted by molar-refractivity contribution is 0.219. The summed E-state index contributed by atoms with van der Waals surface area (Å²) in [6.07, 6.45) is 3.77. The maximum Gasteiger partial charge on any atom is 0.123 e. The molecule has 3 rings (SSSR count). The Morgan fingerprint density at radius 1 is 1.23 bits per heavy atom. The van der Waals surface area contributed by atoms with Crippen LogP contribution in [0.5, 0.6) is 5.75 Å². The number of ether oxygens (including phenoxy) is 2. The van der Waals surface area contributed by atoms with Crippen LogP contribution in [0, 0.1) is 11.3 Å². The Morgan fingerprint density at radius 3 is 2.42 bits per heavy atom. The monoisotopic (exact) mass is 359 g/mol. The number of methoxy groups -OCH3 is 1. The molecule has 0 amide bonds. The summed E-state index contributed by atoms with van der Waals surface area (Å²) in [7, 11) is 3.89. The van der Waals surface area contributed by atoms with Gasteiger partial charge >= 0.3 is 0 Å². The van der Waals surface area contributed by atoms with Crippen molar-refractivity contribution in [3.8, 4) is 5.75 Å². The molecule has 0 radical (unpaired) electrons. The van der Waals surface area contributed by atoms with E-state index in [9.17, 15) is 0 Å². The van der Waals surface area contributed by atoms with E-state index in [1.807, 2.05) is 0 Å². The van der Waals surface area contributed by atoms with Crippen molar-refractivity contribution in [3.63, 3.8) is 0 Å².